The molecule has 2 aromatic heterocycles. The highest BCUT2D eigenvalue weighted by molar-refractivity contribution is 6.32. The smallest absolute Gasteiger partial charge is 0.328 e. The van der Waals surface area contributed by atoms with Crippen LogP contribution in [0, 0.1) is 11.9 Å². The molecule has 170 valence electrons. The van der Waals surface area contributed by atoms with E-state index in [9.17, 15) is 9.18 Å². The number of aromatic amines is 1. The second-order valence-corrected chi connectivity index (χ2v) is 8.72. The molecule has 2 aromatic carbocycles. The number of nitrogens with one attached hydrogen (secondary N) is 1. The highest BCUT2D eigenvalue weighted by Gasteiger charge is 2.29. The SMILES string of the molecule is O=C(O)C=Cc1ccc(C(=C(c2ncccc2Cl)C2CCC2)c2ccc3n[nH]c(F)c3c2)cc1. The van der Waals surface area contributed by atoms with Crippen molar-refractivity contribution < 1.29 is 14.3 Å². The molecule has 1 saturated carbocycles. The minimum absolute atomic E-state index is 0.277. The lowest BCUT2D eigenvalue weighted by Gasteiger charge is -2.31. The minimum Gasteiger partial charge on any atom is -0.478 e. The third kappa shape index (κ3) is 4.24. The van der Waals surface area contributed by atoms with Crippen molar-refractivity contribution in [3.8, 4) is 0 Å². The van der Waals surface area contributed by atoms with Gasteiger partial charge in [0.05, 0.1) is 21.6 Å². The molecule has 0 unspecified atom stereocenters. The molecule has 4 aromatic rings. The molecular weight excluding hydrogens is 453 g/mol. The predicted molar refractivity (Wildman–Crippen MR) is 132 cm³/mol. The lowest BCUT2D eigenvalue weighted by molar-refractivity contribution is -0.131. The number of aliphatic carboxylic acids is 1. The number of halogens is 2. The van der Waals surface area contributed by atoms with E-state index in [1.54, 1.807) is 30.5 Å². The van der Waals surface area contributed by atoms with E-state index in [0.717, 1.165) is 58.9 Å². The Hall–Kier alpha value is -3.77. The number of hydrogen-bond donors (Lipinski definition) is 2. The number of carboxylic acids is 1. The highest BCUT2D eigenvalue weighted by atomic mass is 35.5. The van der Waals surface area contributed by atoms with Crippen molar-refractivity contribution in [1.29, 1.82) is 0 Å². The van der Waals surface area contributed by atoms with Crippen LogP contribution >= 0.6 is 11.6 Å². The van der Waals surface area contributed by atoms with Gasteiger partial charge in [0.2, 0.25) is 5.95 Å². The topological polar surface area (TPSA) is 78.9 Å². The van der Waals surface area contributed by atoms with Gasteiger partial charge in [-0.2, -0.15) is 9.49 Å². The Labute approximate surface area is 200 Å². The predicted octanol–water partition coefficient (Wildman–Crippen LogP) is 6.61. The molecule has 2 heterocycles. The fraction of sp³-hybridized carbons (Fsp3) is 0.148. The summed E-state index contributed by atoms with van der Waals surface area (Å²) in [6.07, 6.45) is 7.55. The van der Waals surface area contributed by atoms with Gasteiger partial charge >= 0.3 is 5.97 Å². The number of hydrogen-bond acceptors (Lipinski definition) is 3. The third-order valence-corrected chi connectivity index (χ3v) is 6.52. The van der Waals surface area contributed by atoms with Gasteiger partial charge in [-0.05, 0) is 76.9 Å². The number of pyridine rings is 1. The summed E-state index contributed by atoms with van der Waals surface area (Å²) in [5, 5.41) is 16.3. The van der Waals surface area contributed by atoms with Crippen LogP contribution in [0.25, 0.3) is 28.1 Å². The first-order valence-electron chi connectivity index (χ1n) is 11.0. The fourth-order valence-electron chi connectivity index (χ4n) is 4.34. The Bertz CT molecular complexity index is 1440. The van der Waals surface area contributed by atoms with Crippen LogP contribution in [0.2, 0.25) is 5.02 Å². The van der Waals surface area contributed by atoms with Crippen LogP contribution in [0.5, 0.6) is 0 Å². The molecule has 1 aliphatic carbocycles. The number of nitrogens with zero attached hydrogens (tertiary/aromatic N) is 2. The van der Waals surface area contributed by atoms with Crippen molar-refractivity contribution >= 4 is 45.7 Å². The Morgan fingerprint density at radius 2 is 1.88 bits per heavy atom. The van der Waals surface area contributed by atoms with E-state index in [1.165, 1.54) is 0 Å². The summed E-state index contributed by atoms with van der Waals surface area (Å²) in [7, 11) is 0. The summed E-state index contributed by atoms with van der Waals surface area (Å²) in [4.78, 5) is 15.5. The molecule has 5 nitrogen and oxygen atoms in total. The second-order valence-electron chi connectivity index (χ2n) is 8.31. The summed E-state index contributed by atoms with van der Waals surface area (Å²) >= 11 is 6.63. The Kier molecular flexibility index (Phi) is 5.99. The zero-order valence-electron chi connectivity index (χ0n) is 18.1. The fourth-order valence-corrected chi connectivity index (χ4v) is 4.56. The zero-order valence-corrected chi connectivity index (χ0v) is 18.9. The molecule has 0 radical (unpaired) electrons. The van der Waals surface area contributed by atoms with E-state index < -0.39 is 11.9 Å². The minimum atomic E-state index is -1.00. The molecule has 34 heavy (non-hydrogen) atoms. The van der Waals surface area contributed by atoms with E-state index in [-0.39, 0.29) is 5.92 Å². The summed E-state index contributed by atoms with van der Waals surface area (Å²) in [5.74, 6) is -1.21. The van der Waals surface area contributed by atoms with Crippen LogP contribution in [0.1, 0.15) is 41.6 Å². The average Bonchev–Trinajstić information content (AvgIpc) is 3.17. The number of rotatable bonds is 6. The van der Waals surface area contributed by atoms with Gasteiger partial charge in [-0.1, -0.05) is 48.4 Å². The number of fused-ring (bicyclic) bond motifs is 1. The number of allylic oxidation sites excluding steroid dienone is 1. The lowest BCUT2D eigenvalue weighted by Crippen LogP contribution is -2.16. The van der Waals surface area contributed by atoms with Crippen molar-refractivity contribution in [2.24, 2.45) is 5.92 Å². The van der Waals surface area contributed by atoms with Crippen LogP contribution in [0.4, 0.5) is 4.39 Å². The van der Waals surface area contributed by atoms with Gasteiger partial charge < -0.3 is 5.11 Å². The van der Waals surface area contributed by atoms with Gasteiger partial charge in [-0.3, -0.25) is 10.1 Å². The lowest BCUT2D eigenvalue weighted by atomic mass is 9.74. The molecular formula is C27H21ClFN3O2. The average molecular weight is 474 g/mol. The normalized spacial score (nSPS) is 14.9. The van der Waals surface area contributed by atoms with Crippen molar-refractivity contribution in [2.75, 3.05) is 0 Å². The van der Waals surface area contributed by atoms with Crippen LogP contribution in [-0.4, -0.2) is 26.3 Å². The first-order chi connectivity index (χ1) is 16.5. The molecule has 0 amide bonds. The maximum atomic E-state index is 14.4. The maximum absolute atomic E-state index is 14.4. The van der Waals surface area contributed by atoms with Gasteiger partial charge in [0.25, 0.3) is 0 Å². The first kappa shape index (κ1) is 22.0. The first-order valence-corrected chi connectivity index (χ1v) is 11.4. The molecule has 0 spiro atoms. The Morgan fingerprint density at radius 1 is 1.12 bits per heavy atom. The highest BCUT2D eigenvalue weighted by Crippen LogP contribution is 2.46. The molecule has 1 fully saturated rings. The second kappa shape index (κ2) is 9.23. The van der Waals surface area contributed by atoms with Crippen LogP contribution in [-0.2, 0) is 4.79 Å². The van der Waals surface area contributed by atoms with Crippen molar-refractivity contribution in [2.45, 2.75) is 19.3 Å². The quantitative estimate of drug-likeness (QED) is 0.309. The molecule has 7 heteroatoms. The summed E-state index contributed by atoms with van der Waals surface area (Å²) in [5.41, 5.74) is 5.77. The van der Waals surface area contributed by atoms with Crippen LogP contribution < -0.4 is 0 Å². The summed E-state index contributed by atoms with van der Waals surface area (Å²) in [6.45, 7) is 0. The number of aromatic nitrogens is 3. The Morgan fingerprint density at radius 3 is 2.56 bits per heavy atom. The van der Waals surface area contributed by atoms with E-state index in [0.29, 0.717) is 15.9 Å². The van der Waals surface area contributed by atoms with Crippen molar-refractivity contribution in [3.63, 3.8) is 0 Å². The molecule has 0 bridgehead atoms. The van der Waals surface area contributed by atoms with Gasteiger partial charge in [0.15, 0.2) is 0 Å². The zero-order chi connectivity index (χ0) is 23.7. The molecule has 1 aliphatic rings. The summed E-state index contributed by atoms with van der Waals surface area (Å²) < 4.78 is 14.4. The molecule has 0 saturated heterocycles. The Balaban J connectivity index is 1.76. The molecule has 5 rings (SSSR count). The van der Waals surface area contributed by atoms with E-state index in [4.69, 9.17) is 16.7 Å². The molecule has 0 atom stereocenters. The van der Waals surface area contributed by atoms with Gasteiger partial charge in [0, 0.05) is 12.3 Å². The number of benzene rings is 2. The van der Waals surface area contributed by atoms with Crippen LogP contribution in [0.3, 0.4) is 0 Å². The van der Waals surface area contributed by atoms with E-state index >= 15 is 0 Å². The molecule has 2 N–H and O–H groups in total. The van der Waals surface area contributed by atoms with Crippen molar-refractivity contribution in [1.82, 2.24) is 15.2 Å². The van der Waals surface area contributed by atoms with Gasteiger partial charge in [-0.15, -0.1) is 0 Å². The molecule has 0 aliphatic heterocycles. The number of carboxylic acid groups (broad SMARTS) is 1. The monoisotopic (exact) mass is 473 g/mol. The van der Waals surface area contributed by atoms with E-state index in [1.807, 2.05) is 36.4 Å². The van der Waals surface area contributed by atoms with E-state index in [2.05, 4.69) is 15.2 Å². The third-order valence-electron chi connectivity index (χ3n) is 6.21. The summed E-state index contributed by atoms with van der Waals surface area (Å²) in [6, 6.07) is 16.8. The maximum Gasteiger partial charge on any atom is 0.328 e. The largest absolute Gasteiger partial charge is 0.478 e. The number of H-pyrrole nitrogens is 1. The van der Waals surface area contributed by atoms with Crippen molar-refractivity contribution in [3.05, 3.63) is 100 Å². The van der Waals surface area contributed by atoms with Gasteiger partial charge in [-0.25, -0.2) is 4.79 Å². The standard InChI is InChI=1S/C27H21ClFN3O2/c28-21-5-2-14-30-26(21)25(17-3-1-4-17)24(18-9-6-16(7-10-18)8-13-23(33)34)19-11-12-22-20(15-19)27(29)32-31-22/h2,5-15,17H,1,3-4H2,(H,31,32)(H,33,34). The van der Waals surface area contributed by atoms with Gasteiger partial charge in [0.1, 0.15) is 0 Å². The number of carbonyl (C=O) groups is 1. The van der Waals surface area contributed by atoms with Crippen LogP contribution in [0.15, 0.2) is 66.9 Å².